The molecule has 7 aromatic rings. The summed E-state index contributed by atoms with van der Waals surface area (Å²) in [7, 11) is 0. The zero-order valence-electron chi connectivity index (χ0n) is 34.2. The number of hydrogen-bond donors (Lipinski definition) is 0. The Kier molecular flexibility index (Phi) is 8.50. The first-order chi connectivity index (χ1) is 26.9. The van der Waals surface area contributed by atoms with Crippen LogP contribution < -0.4 is 31.1 Å². The first-order valence-corrected chi connectivity index (χ1v) is 20.0. The van der Waals surface area contributed by atoms with Crippen molar-refractivity contribution in [3.8, 4) is 0 Å². The molecular formula is C52H50BN3. The first-order valence-electron chi connectivity index (χ1n) is 20.0. The van der Waals surface area contributed by atoms with Crippen LogP contribution in [-0.4, -0.2) is 6.71 Å². The monoisotopic (exact) mass is 727 g/mol. The van der Waals surface area contributed by atoms with E-state index in [4.69, 9.17) is 0 Å². The van der Waals surface area contributed by atoms with Gasteiger partial charge in [-0.25, -0.2) is 0 Å². The van der Waals surface area contributed by atoms with Crippen molar-refractivity contribution in [2.24, 2.45) is 0 Å². The van der Waals surface area contributed by atoms with Crippen LogP contribution >= 0.6 is 0 Å². The Morgan fingerprint density at radius 2 is 0.875 bits per heavy atom. The molecule has 0 saturated carbocycles. The van der Waals surface area contributed by atoms with Crippen LogP contribution in [0.3, 0.4) is 0 Å². The minimum absolute atomic E-state index is 0.00607. The zero-order valence-corrected chi connectivity index (χ0v) is 34.2. The largest absolute Gasteiger partial charge is 0.311 e. The van der Waals surface area contributed by atoms with Crippen LogP contribution in [0.5, 0.6) is 0 Å². The van der Waals surface area contributed by atoms with E-state index in [9.17, 15) is 0 Å². The summed E-state index contributed by atoms with van der Waals surface area (Å²) in [6.45, 7) is 20.2. The van der Waals surface area contributed by atoms with Crippen molar-refractivity contribution in [2.45, 2.75) is 67.7 Å². The van der Waals surface area contributed by atoms with Crippen molar-refractivity contribution in [3.05, 3.63) is 178 Å². The van der Waals surface area contributed by atoms with E-state index < -0.39 is 0 Å². The molecule has 0 bridgehead atoms. The fourth-order valence-corrected chi connectivity index (χ4v) is 8.75. The number of rotatable bonds is 5. The third-order valence-electron chi connectivity index (χ3n) is 11.8. The van der Waals surface area contributed by atoms with Crippen LogP contribution in [0.25, 0.3) is 0 Å². The molecule has 2 aliphatic rings. The molecule has 0 saturated heterocycles. The number of benzene rings is 7. The average molecular weight is 728 g/mol. The number of aryl methyl sites for hydroxylation is 6. The van der Waals surface area contributed by atoms with Gasteiger partial charge in [0.05, 0.1) is 5.69 Å². The molecule has 2 aliphatic heterocycles. The summed E-state index contributed by atoms with van der Waals surface area (Å²) < 4.78 is 0. The van der Waals surface area contributed by atoms with Crippen LogP contribution in [0, 0.1) is 41.5 Å². The Morgan fingerprint density at radius 3 is 1.36 bits per heavy atom. The molecule has 0 radical (unpaired) electrons. The fourth-order valence-electron chi connectivity index (χ4n) is 8.75. The second-order valence-corrected chi connectivity index (χ2v) is 17.2. The van der Waals surface area contributed by atoms with E-state index in [0.717, 1.165) is 17.1 Å². The lowest BCUT2D eigenvalue weighted by Gasteiger charge is -2.45. The maximum Gasteiger partial charge on any atom is 0.252 e. The summed E-state index contributed by atoms with van der Waals surface area (Å²) in [6.07, 6.45) is 0. The van der Waals surface area contributed by atoms with Gasteiger partial charge in [-0.3, -0.25) is 0 Å². The van der Waals surface area contributed by atoms with Crippen molar-refractivity contribution in [1.29, 1.82) is 0 Å². The molecule has 0 N–H and O–H groups in total. The van der Waals surface area contributed by atoms with E-state index in [1.54, 1.807) is 0 Å². The quantitative estimate of drug-likeness (QED) is 0.163. The summed E-state index contributed by atoms with van der Waals surface area (Å²) in [4.78, 5) is 7.48. The summed E-state index contributed by atoms with van der Waals surface area (Å²) >= 11 is 0. The van der Waals surface area contributed by atoms with Crippen molar-refractivity contribution in [3.63, 3.8) is 0 Å². The standard InChI is InChI=1S/C52H50BN3/c1-33-10-19-40(20-11-33)54(41-21-12-34(2)13-22-41)47-32-48-44(30-38(47)6)53-45-31-39(52(7,8)9)18-27-46(45)55(42-23-14-35(3)15-24-42)49-28-37(5)29-50(51(49)53)56(48)43-25-16-36(4)17-26-43/h10-32H,1-9H3. The second kappa shape index (κ2) is 13.3. The molecular weight excluding hydrogens is 677 g/mol. The lowest BCUT2D eigenvalue weighted by Crippen LogP contribution is -2.61. The molecule has 0 aliphatic carbocycles. The van der Waals surface area contributed by atoms with Crippen molar-refractivity contribution in [2.75, 3.05) is 14.7 Å². The van der Waals surface area contributed by atoms with Crippen molar-refractivity contribution in [1.82, 2.24) is 0 Å². The Morgan fingerprint density at radius 1 is 0.429 bits per heavy atom. The lowest BCUT2D eigenvalue weighted by molar-refractivity contribution is 0.591. The molecule has 7 aromatic carbocycles. The van der Waals surface area contributed by atoms with Crippen LogP contribution in [0.4, 0.5) is 51.2 Å². The summed E-state index contributed by atoms with van der Waals surface area (Å²) in [5, 5.41) is 0. The maximum atomic E-state index is 2.54. The maximum absolute atomic E-state index is 2.54. The summed E-state index contributed by atoms with van der Waals surface area (Å²) in [5.41, 5.74) is 23.6. The Balaban J connectivity index is 1.37. The average Bonchev–Trinajstić information content (AvgIpc) is 3.17. The van der Waals surface area contributed by atoms with E-state index in [1.807, 2.05) is 0 Å². The molecule has 3 nitrogen and oxygen atoms in total. The highest BCUT2D eigenvalue weighted by Crippen LogP contribution is 2.47. The van der Waals surface area contributed by atoms with Crippen molar-refractivity contribution < 1.29 is 0 Å². The number of fused-ring (bicyclic) bond motifs is 4. The molecule has 2 heterocycles. The van der Waals surface area contributed by atoms with Gasteiger partial charge in [0.15, 0.2) is 0 Å². The molecule has 0 unspecified atom stereocenters. The number of hydrogen-bond acceptors (Lipinski definition) is 3. The summed E-state index contributed by atoms with van der Waals surface area (Å²) in [6, 6.07) is 53.0. The molecule has 9 rings (SSSR count). The molecule has 0 atom stereocenters. The predicted molar refractivity (Wildman–Crippen MR) is 242 cm³/mol. The van der Waals surface area contributed by atoms with Gasteiger partial charge >= 0.3 is 0 Å². The highest BCUT2D eigenvalue weighted by molar-refractivity contribution is 7.00. The van der Waals surface area contributed by atoms with Gasteiger partial charge < -0.3 is 14.7 Å². The van der Waals surface area contributed by atoms with Gasteiger partial charge in [0, 0.05) is 45.5 Å². The van der Waals surface area contributed by atoms with Crippen molar-refractivity contribution >= 4 is 74.3 Å². The topological polar surface area (TPSA) is 9.72 Å². The van der Waals surface area contributed by atoms with Crippen LogP contribution in [0.2, 0.25) is 0 Å². The number of nitrogens with zero attached hydrogens (tertiary/aromatic N) is 3. The zero-order chi connectivity index (χ0) is 39.0. The SMILES string of the molecule is Cc1ccc(N(c2ccc(C)cc2)c2cc3c(cc2C)B2c4cc(C(C)(C)C)ccc4N(c4ccc(C)cc4)c4cc(C)cc(c42)N3c2ccc(C)cc2)cc1. The molecule has 56 heavy (non-hydrogen) atoms. The molecule has 0 aromatic heterocycles. The van der Waals surface area contributed by atoms with Gasteiger partial charge in [0.25, 0.3) is 6.71 Å². The second-order valence-electron chi connectivity index (χ2n) is 17.2. The third-order valence-corrected chi connectivity index (χ3v) is 11.8. The number of anilines is 9. The fraction of sp³-hybridized carbons (Fsp3) is 0.192. The molecule has 0 amide bonds. The minimum Gasteiger partial charge on any atom is -0.311 e. The molecule has 0 fully saturated rings. The minimum atomic E-state index is -0.00607. The normalized spacial score (nSPS) is 13.0. The highest BCUT2D eigenvalue weighted by Gasteiger charge is 2.44. The van der Waals surface area contributed by atoms with Gasteiger partial charge in [0.1, 0.15) is 0 Å². The van der Waals surface area contributed by atoms with Gasteiger partial charge in [-0.2, -0.15) is 0 Å². The van der Waals surface area contributed by atoms with Crippen LogP contribution in [0.15, 0.2) is 140 Å². The van der Waals surface area contributed by atoms with Gasteiger partial charge in [-0.15, -0.1) is 0 Å². The summed E-state index contributed by atoms with van der Waals surface area (Å²) in [5.74, 6) is 0. The lowest BCUT2D eigenvalue weighted by atomic mass is 9.33. The van der Waals surface area contributed by atoms with Gasteiger partial charge in [-0.1, -0.05) is 110 Å². The van der Waals surface area contributed by atoms with Crippen LogP contribution in [0.1, 0.15) is 59.7 Å². The smallest absolute Gasteiger partial charge is 0.252 e. The Labute approximate surface area is 334 Å². The van der Waals surface area contributed by atoms with E-state index in [0.29, 0.717) is 0 Å². The van der Waals surface area contributed by atoms with E-state index >= 15 is 0 Å². The molecule has 0 spiro atoms. The Bertz CT molecular complexity index is 2570. The molecule has 4 heteroatoms. The van der Waals surface area contributed by atoms with Gasteiger partial charge in [-0.05, 0) is 153 Å². The third kappa shape index (κ3) is 6.00. The van der Waals surface area contributed by atoms with E-state index in [2.05, 4.69) is 217 Å². The Hall–Kier alpha value is -6.00. The highest BCUT2D eigenvalue weighted by atomic mass is 15.2. The van der Waals surface area contributed by atoms with Gasteiger partial charge in [0.2, 0.25) is 0 Å². The molecule has 276 valence electrons. The van der Waals surface area contributed by atoms with E-state index in [1.165, 1.54) is 89.5 Å². The van der Waals surface area contributed by atoms with Crippen LogP contribution in [-0.2, 0) is 5.41 Å². The first kappa shape index (κ1) is 35.7. The predicted octanol–water partition coefficient (Wildman–Crippen LogP) is 12.4. The van der Waals surface area contributed by atoms with E-state index in [-0.39, 0.29) is 12.1 Å².